The Balaban J connectivity index is 2.65. The summed E-state index contributed by atoms with van der Waals surface area (Å²) >= 11 is 0. The van der Waals surface area contributed by atoms with E-state index in [9.17, 15) is 9.18 Å². The van der Waals surface area contributed by atoms with Gasteiger partial charge in [0.1, 0.15) is 11.3 Å². The molecule has 0 spiro atoms. The number of rotatable bonds is 0. The summed E-state index contributed by atoms with van der Waals surface area (Å²) in [5.41, 5.74) is 0.429. The van der Waals surface area contributed by atoms with E-state index in [2.05, 4.69) is 4.98 Å². The highest BCUT2D eigenvalue weighted by Crippen LogP contribution is 2.20. The molecule has 3 aromatic rings. The number of nitrogens with zero attached hydrogens (tertiary/aromatic N) is 1. The molecule has 4 heteroatoms. The molecule has 2 heterocycles. The van der Waals surface area contributed by atoms with Crippen LogP contribution in [0.3, 0.4) is 0 Å². The molecule has 78 valence electrons. The van der Waals surface area contributed by atoms with Gasteiger partial charge in [-0.1, -0.05) is 0 Å². The number of hydrogen-bond donors (Lipinski definition) is 0. The van der Waals surface area contributed by atoms with Gasteiger partial charge < -0.3 is 4.42 Å². The largest absolute Gasteiger partial charge is 0.421 e. The SMILES string of the molecule is O=c1oc2cccnc2c2ccc(F)cc12. The summed E-state index contributed by atoms with van der Waals surface area (Å²) in [6.45, 7) is 0. The zero-order valence-electron chi connectivity index (χ0n) is 8.11. The van der Waals surface area contributed by atoms with Crippen LogP contribution in [0.4, 0.5) is 4.39 Å². The maximum absolute atomic E-state index is 13.0. The topological polar surface area (TPSA) is 43.1 Å². The van der Waals surface area contributed by atoms with Crippen molar-refractivity contribution in [2.45, 2.75) is 0 Å². The van der Waals surface area contributed by atoms with Gasteiger partial charge in [0.15, 0.2) is 5.58 Å². The number of aromatic nitrogens is 1. The molecule has 0 aliphatic carbocycles. The Bertz CT molecular complexity index is 749. The Labute approximate surface area is 89.1 Å². The Morgan fingerprint density at radius 2 is 2.06 bits per heavy atom. The van der Waals surface area contributed by atoms with E-state index in [4.69, 9.17) is 4.42 Å². The monoisotopic (exact) mass is 215 g/mol. The van der Waals surface area contributed by atoms with E-state index in [1.54, 1.807) is 18.3 Å². The Morgan fingerprint density at radius 3 is 2.94 bits per heavy atom. The minimum absolute atomic E-state index is 0.214. The summed E-state index contributed by atoms with van der Waals surface area (Å²) in [5.74, 6) is -0.463. The molecule has 0 bridgehead atoms. The molecule has 0 amide bonds. The minimum Gasteiger partial charge on any atom is -0.421 e. The maximum Gasteiger partial charge on any atom is 0.344 e. The lowest BCUT2D eigenvalue weighted by molar-refractivity contribution is 0.567. The number of pyridine rings is 1. The van der Waals surface area contributed by atoms with Crippen molar-refractivity contribution >= 4 is 21.9 Å². The highest BCUT2D eigenvalue weighted by Gasteiger charge is 2.08. The molecule has 1 aromatic carbocycles. The van der Waals surface area contributed by atoms with Crippen LogP contribution in [0.1, 0.15) is 0 Å². The van der Waals surface area contributed by atoms with Gasteiger partial charge in [-0.2, -0.15) is 0 Å². The van der Waals surface area contributed by atoms with Gasteiger partial charge in [0.25, 0.3) is 0 Å². The molecule has 0 radical (unpaired) electrons. The van der Waals surface area contributed by atoms with Crippen molar-refractivity contribution in [2.75, 3.05) is 0 Å². The van der Waals surface area contributed by atoms with Gasteiger partial charge in [0.05, 0.1) is 5.39 Å². The van der Waals surface area contributed by atoms with Crippen LogP contribution in [0.2, 0.25) is 0 Å². The molecule has 3 nitrogen and oxygen atoms in total. The molecule has 0 saturated heterocycles. The molecule has 0 N–H and O–H groups in total. The summed E-state index contributed by atoms with van der Waals surface area (Å²) in [5, 5.41) is 0.819. The number of hydrogen-bond acceptors (Lipinski definition) is 3. The third-order valence-corrected chi connectivity index (χ3v) is 2.43. The molecule has 0 saturated carbocycles. The van der Waals surface area contributed by atoms with Crippen LogP contribution in [0.15, 0.2) is 45.7 Å². The van der Waals surface area contributed by atoms with Crippen LogP contribution in [-0.2, 0) is 0 Å². The lowest BCUT2D eigenvalue weighted by Gasteiger charge is -2.00. The lowest BCUT2D eigenvalue weighted by Crippen LogP contribution is -2.00. The zero-order chi connectivity index (χ0) is 11.1. The second-order valence-corrected chi connectivity index (χ2v) is 3.43. The van der Waals surface area contributed by atoms with Crippen molar-refractivity contribution in [2.24, 2.45) is 0 Å². The van der Waals surface area contributed by atoms with E-state index < -0.39 is 11.4 Å². The van der Waals surface area contributed by atoms with Crippen molar-refractivity contribution < 1.29 is 8.81 Å². The van der Waals surface area contributed by atoms with Crippen molar-refractivity contribution in [1.82, 2.24) is 4.98 Å². The zero-order valence-corrected chi connectivity index (χ0v) is 8.11. The summed E-state index contributed by atoms with van der Waals surface area (Å²) in [7, 11) is 0. The third-order valence-electron chi connectivity index (χ3n) is 2.43. The van der Waals surface area contributed by atoms with E-state index in [0.717, 1.165) is 6.07 Å². The summed E-state index contributed by atoms with van der Waals surface area (Å²) in [4.78, 5) is 15.7. The van der Waals surface area contributed by atoms with Gasteiger partial charge in [0.2, 0.25) is 0 Å². The standard InChI is InChI=1S/C12H6FNO2/c13-7-3-4-8-9(6-7)12(15)16-10-2-1-5-14-11(8)10/h1-6H. The molecular formula is C12H6FNO2. The smallest absolute Gasteiger partial charge is 0.344 e. The second-order valence-electron chi connectivity index (χ2n) is 3.43. The van der Waals surface area contributed by atoms with Gasteiger partial charge in [-0.25, -0.2) is 9.18 Å². The fraction of sp³-hybridized carbons (Fsp3) is 0. The highest BCUT2D eigenvalue weighted by molar-refractivity contribution is 6.01. The number of benzene rings is 1. The Hall–Kier alpha value is -2.23. The average Bonchev–Trinajstić information content (AvgIpc) is 2.29. The Morgan fingerprint density at radius 1 is 1.19 bits per heavy atom. The van der Waals surface area contributed by atoms with Crippen LogP contribution in [-0.4, -0.2) is 4.98 Å². The molecule has 0 unspecified atom stereocenters. The van der Waals surface area contributed by atoms with Crippen LogP contribution >= 0.6 is 0 Å². The third kappa shape index (κ3) is 1.20. The van der Waals surface area contributed by atoms with Crippen LogP contribution in [0.5, 0.6) is 0 Å². The van der Waals surface area contributed by atoms with Crippen molar-refractivity contribution in [3.05, 3.63) is 52.8 Å². The first-order chi connectivity index (χ1) is 7.75. The van der Waals surface area contributed by atoms with E-state index in [1.807, 2.05) is 0 Å². The first-order valence-corrected chi connectivity index (χ1v) is 4.73. The van der Waals surface area contributed by atoms with Crippen LogP contribution in [0, 0.1) is 5.82 Å². The normalized spacial score (nSPS) is 11.1. The fourth-order valence-corrected chi connectivity index (χ4v) is 1.72. The first-order valence-electron chi connectivity index (χ1n) is 4.73. The molecule has 2 aromatic heterocycles. The predicted octanol–water partition coefficient (Wildman–Crippen LogP) is 2.48. The van der Waals surface area contributed by atoms with Crippen LogP contribution < -0.4 is 5.63 Å². The van der Waals surface area contributed by atoms with Gasteiger partial charge >= 0.3 is 5.63 Å². The predicted molar refractivity (Wildman–Crippen MR) is 57.7 cm³/mol. The van der Waals surface area contributed by atoms with E-state index in [0.29, 0.717) is 16.5 Å². The van der Waals surface area contributed by atoms with E-state index in [-0.39, 0.29) is 5.39 Å². The van der Waals surface area contributed by atoms with Gasteiger partial charge in [0, 0.05) is 11.6 Å². The van der Waals surface area contributed by atoms with Crippen molar-refractivity contribution in [3.8, 4) is 0 Å². The van der Waals surface area contributed by atoms with E-state index in [1.165, 1.54) is 12.1 Å². The summed E-state index contributed by atoms with van der Waals surface area (Å²) in [6, 6.07) is 7.34. The van der Waals surface area contributed by atoms with Gasteiger partial charge in [-0.05, 0) is 30.3 Å². The Kier molecular flexibility index (Phi) is 1.77. The average molecular weight is 215 g/mol. The summed E-state index contributed by atoms with van der Waals surface area (Å²) in [6.07, 6.45) is 1.60. The number of halogens is 1. The van der Waals surface area contributed by atoms with Gasteiger partial charge in [-0.15, -0.1) is 0 Å². The molecule has 0 fully saturated rings. The first kappa shape index (κ1) is 9.03. The van der Waals surface area contributed by atoms with Crippen molar-refractivity contribution in [1.29, 1.82) is 0 Å². The van der Waals surface area contributed by atoms with E-state index >= 15 is 0 Å². The maximum atomic E-state index is 13.0. The highest BCUT2D eigenvalue weighted by atomic mass is 19.1. The lowest BCUT2D eigenvalue weighted by atomic mass is 10.1. The quantitative estimate of drug-likeness (QED) is 0.541. The molecule has 0 atom stereocenters. The summed E-state index contributed by atoms with van der Waals surface area (Å²) < 4.78 is 18.1. The fourth-order valence-electron chi connectivity index (χ4n) is 1.72. The van der Waals surface area contributed by atoms with Crippen LogP contribution in [0.25, 0.3) is 21.9 Å². The molecule has 0 aliphatic heterocycles. The second kappa shape index (κ2) is 3.13. The molecule has 16 heavy (non-hydrogen) atoms. The number of fused-ring (bicyclic) bond motifs is 3. The van der Waals surface area contributed by atoms with Gasteiger partial charge in [-0.3, -0.25) is 4.98 Å². The molecule has 3 rings (SSSR count). The minimum atomic E-state index is -0.546. The van der Waals surface area contributed by atoms with Crippen molar-refractivity contribution in [3.63, 3.8) is 0 Å². The molecular weight excluding hydrogens is 209 g/mol. The molecule has 0 aliphatic rings.